The molecule has 6 heteroatoms. The third kappa shape index (κ3) is 3.21. The van der Waals surface area contributed by atoms with Gasteiger partial charge in [-0.05, 0) is 18.9 Å². The molecule has 1 atom stereocenters. The van der Waals surface area contributed by atoms with E-state index < -0.39 is 0 Å². The highest BCUT2D eigenvalue weighted by Gasteiger charge is 2.25. The number of aromatic amines is 1. The van der Waals surface area contributed by atoms with Crippen molar-refractivity contribution in [2.75, 3.05) is 13.1 Å². The fourth-order valence-electron chi connectivity index (χ4n) is 2.76. The molecule has 110 valence electrons. The molecule has 6 nitrogen and oxygen atoms in total. The molecule has 1 fully saturated rings. The van der Waals surface area contributed by atoms with E-state index in [0.29, 0.717) is 5.92 Å². The minimum absolute atomic E-state index is 0.0454. The van der Waals surface area contributed by atoms with Crippen molar-refractivity contribution < 1.29 is 4.79 Å². The number of H-pyrrole nitrogens is 1. The van der Waals surface area contributed by atoms with Crippen LogP contribution in [0.25, 0.3) is 0 Å². The van der Waals surface area contributed by atoms with Gasteiger partial charge in [-0.2, -0.15) is 5.10 Å². The molecule has 1 unspecified atom stereocenters. The summed E-state index contributed by atoms with van der Waals surface area (Å²) >= 11 is 0. The van der Waals surface area contributed by atoms with Gasteiger partial charge in [0.1, 0.15) is 6.54 Å². The Kier molecular flexibility index (Phi) is 3.85. The third-order valence-corrected chi connectivity index (χ3v) is 3.91. The van der Waals surface area contributed by atoms with E-state index in [1.54, 1.807) is 23.2 Å². The van der Waals surface area contributed by atoms with Crippen molar-refractivity contribution in [3.8, 4) is 0 Å². The zero-order valence-corrected chi connectivity index (χ0v) is 11.7. The summed E-state index contributed by atoms with van der Waals surface area (Å²) in [6.45, 7) is 1.79. The maximum Gasteiger partial charge on any atom is 0.242 e. The molecule has 0 bridgehead atoms. The predicted molar refractivity (Wildman–Crippen MR) is 77.8 cm³/mol. The molecule has 1 N–H and O–H groups in total. The van der Waals surface area contributed by atoms with Crippen LogP contribution in [0.2, 0.25) is 0 Å². The summed E-state index contributed by atoms with van der Waals surface area (Å²) < 4.78 is 1.74. The lowest BCUT2D eigenvalue weighted by atomic mass is 9.95. The smallest absolute Gasteiger partial charge is 0.242 e. The number of piperidine rings is 1. The highest BCUT2D eigenvalue weighted by molar-refractivity contribution is 5.76. The summed E-state index contributed by atoms with van der Waals surface area (Å²) in [5.41, 5.74) is 1.05. The number of amides is 1. The van der Waals surface area contributed by atoms with E-state index in [1.807, 2.05) is 11.0 Å². The van der Waals surface area contributed by atoms with E-state index in [9.17, 15) is 9.59 Å². The number of carbonyl (C=O) groups excluding carboxylic acids is 1. The molecule has 2 aromatic rings. The normalized spacial score (nSPS) is 18.7. The summed E-state index contributed by atoms with van der Waals surface area (Å²) in [7, 11) is 0. The van der Waals surface area contributed by atoms with Crippen molar-refractivity contribution in [1.29, 1.82) is 0 Å². The van der Waals surface area contributed by atoms with Crippen molar-refractivity contribution in [3.05, 3.63) is 52.7 Å². The fourth-order valence-corrected chi connectivity index (χ4v) is 2.76. The predicted octanol–water partition coefficient (Wildman–Crippen LogP) is 0.978. The molecular formula is C15H18N4O2. The molecule has 0 radical (unpaired) electrons. The van der Waals surface area contributed by atoms with Crippen LogP contribution in [0.5, 0.6) is 0 Å². The van der Waals surface area contributed by atoms with Crippen LogP contribution in [-0.2, 0) is 11.3 Å². The van der Waals surface area contributed by atoms with Gasteiger partial charge in [0.15, 0.2) is 5.43 Å². The van der Waals surface area contributed by atoms with Crippen molar-refractivity contribution in [1.82, 2.24) is 19.7 Å². The Hall–Kier alpha value is -2.37. The van der Waals surface area contributed by atoms with Gasteiger partial charge in [0.2, 0.25) is 5.91 Å². The molecule has 0 saturated carbocycles. The number of likely N-dealkylation sites (tertiary alicyclic amines) is 1. The second-order valence-corrected chi connectivity index (χ2v) is 5.40. The first-order valence-electron chi connectivity index (χ1n) is 7.15. The average molecular weight is 286 g/mol. The first kappa shape index (κ1) is 13.6. The molecular weight excluding hydrogens is 268 g/mol. The van der Waals surface area contributed by atoms with Gasteiger partial charge in [0, 0.05) is 55.4 Å². The molecule has 3 heterocycles. The van der Waals surface area contributed by atoms with Gasteiger partial charge < -0.3 is 9.47 Å². The van der Waals surface area contributed by atoms with Crippen molar-refractivity contribution in [3.63, 3.8) is 0 Å². The van der Waals surface area contributed by atoms with Gasteiger partial charge in [-0.3, -0.25) is 14.7 Å². The zero-order chi connectivity index (χ0) is 14.7. The van der Waals surface area contributed by atoms with Crippen LogP contribution in [0, 0.1) is 0 Å². The SMILES string of the molecule is O=C(Cn1ccc(=O)cc1)N1CCCC(c2ccn[nH]2)C1. The highest BCUT2D eigenvalue weighted by atomic mass is 16.2. The molecule has 0 spiro atoms. The lowest BCUT2D eigenvalue weighted by molar-refractivity contribution is -0.133. The van der Waals surface area contributed by atoms with Gasteiger partial charge >= 0.3 is 0 Å². The Bertz CT molecular complexity index is 642. The average Bonchev–Trinajstić information content (AvgIpc) is 3.04. The quantitative estimate of drug-likeness (QED) is 0.914. The Morgan fingerprint density at radius 3 is 2.86 bits per heavy atom. The standard InChI is InChI=1S/C15H18N4O2/c20-13-4-8-18(9-5-13)11-15(21)19-7-1-2-12(10-19)14-3-6-16-17-14/h3-6,8-9,12H,1-2,7,10-11H2,(H,16,17). The molecule has 1 amide bonds. The number of hydrogen-bond donors (Lipinski definition) is 1. The fraction of sp³-hybridized carbons (Fsp3) is 0.400. The third-order valence-electron chi connectivity index (χ3n) is 3.91. The Labute approximate surface area is 122 Å². The Balaban J connectivity index is 1.64. The summed E-state index contributed by atoms with van der Waals surface area (Å²) in [6, 6.07) is 4.91. The first-order valence-corrected chi connectivity index (χ1v) is 7.15. The number of hydrogen-bond acceptors (Lipinski definition) is 3. The van der Waals surface area contributed by atoms with Crippen LogP contribution in [0.15, 0.2) is 41.6 Å². The first-order chi connectivity index (χ1) is 10.2. The molecule has 1 aliphatic heterocycles. The molecule has 2 aromatic heterocycles. The van der Waals surface area contributed by atoms with Crippen LogP contribution in [-0.4, -0.2) is 38.7 Å². The van der Waals surface area contributed by atoms with Gasteiger partial charge in [-0.25, -0.2) is 0 Å². The largest absolute Gasteiger partial charge is 0.345 e. The molecule has 0 aromatic carbocycles. The minimum atomic E-state index is -0.0454. The summed E-state index contributed by atoms with van der Waals surface area (Å²) in [5, 5.41) is 6.98. The second kappa shape index (κ2) is 5.95. The maximum absolute atomic E-state index is 12.4. The molecule has 3 rings (SSSR count). The number of carbonyl (C=O) groups is 1. The van der Waals surface area contributed by atoms with Crippen LogP contribution in [0.1, 0.15) is 24.5 Å². The topological polar surface area (TPSA) is 71.0 Å². The highest BCUT2D eigenvalue weighted by Crippen LogP contribution is 2.25. The van der Waals surface area contributed by atoms with Gasteiger partial charge in [-0.1, -0.05) is 0 Å². The Morgan fingerprint density at radius 2 is 2.14 bits per heavy atom. The van der Waals surface area contributed by atoms with Gasteiger partial charge in [0.25, 0.3) is 0 Å². The van der Waals surface area contributed by atoms with Crippen molar-refractivity contribution >= 4 is 5.91 Å². The van der Waals surface area contributed by atoms with Gasteiger partial charge in [0.05, 0.1) is 0 Å². The molecule has 21 heavy (non-hydrogen) atoms. The minimum Gasteiger partial charge on any atom is -0.345 e. The van der Waals surface area contributed by atoms with Crippen molar-refractivity contribution in [2.45, 2.75) is 25.3 Å². The van der Waals surface area contributed by atoms with E-state index in [-0.39, 0.29) is 17.9 Å². The lowest BCUT2D eigenvalue weighted by Gasteiger charge is -2.32. The summed E-state index contributed by atoms with van der Waals surface area (Å²) in [5.74, 6) is 0.419. The zero-order valence-electron chi connectivity index (χ0n) is 11.7. The number of aromatic nitrogens is 3. The Morgan fingerprint density at radius 1 is 1.33 bits per heavy atom. The van der Waals surface area contributed by atoms with Crippen LogP contribution in [0.4, 0.5) is 0 Å². The van der Waals surface area contributed by atoms with Crippen LogP contribution >= 0.6 is 0 Å². The summed E-state index contributed by atoms with van der Waals surface area (Å²) in [6.07, 6.45) is 7.12. The maximum atomic E-state index is 12.4. The van der Waals surface area contributed by atoms with Gasteiger partial charge in [-0.15, -0.1) is 0 Å². The monoisotopic (exact) mass is 286 g/mol. The second-order valence-electron chi connectivity index (χ2n) is 5.40. The molecule has 1 aliphatic rings. The van der Waals surface area contributed by atoms with Crippen LogP contribution < -0.4 is 5.43 Å². The van der Waals surface area contributed by atoms with Crippen LogP contribution in [0.3, 0.4) is 0 Å². The lowest BCUT2D eigenvalue weighted by Crippen LogP contribution is -2.40. The molecule has 0 aliphatic carbocycles. The van der Waals surface area contributed by atoms with E-state index in [2.05, 4.69) is 10.2 Å². The van der Waals surface area contributed by atoms with E-state index in [1.165, 1.54) is 12.1 Å². The number of nitrogens with zero attached hydrogens (tertiary/aromatic N) is 3. The van der Waals surface area contributed by atoms with E-state index in [0.717, 1.165) is 31.6 Å². The number of nitrogens with one attached hydrogen (secondary N) is 1. The number of rotatable bonds is 3. The van der Waals surface area contributed by atoms with Crippen molar-refractivity contribution in [2.24, 2.45) is 0 Å². The molecule has 1 saturated heterocycles. The van der Waals surface area contributed by atoms with E-state index >= 15 is 0 Å². The van der Waals surface area contributed by atoms with E-state index in [4.69, 9.17) is 0 Å². The summed E-state index contributed by atoms with van der Waals surface area (Å²) in [4.78, 5) is 25.3. The number of pyridine rings is 1.